The Morgan fingerprint density at radius 3 is 2.42 bits per heavy atom. The zero-order valence-electron chi connectivity index (χ0n) is 27.6. The van der Waals surface area contributed by atoms with E-state index in [1.807, 2.05) is 29.6 Å². The smallest absolute Gasteiger partial charge is 0.348 e. The molecule has 48 heavy (non-hydrogen) atoms. The topological polar surface area (TPSA) is 135 Å². The second-order valence-corrected chi connectivity index (χ2v) is 13.9. The number of thiophene rings is 1. The molecule has 1 aliphatic heterocycles. The van der Waals surface area contributed by atoms with Gasteiger partial charge in [-0.1, -0.05) is 74.6 Å². The van der Waals surface area contributed by atoms with Crippen molar-refractivity contribution in [2.45, 2.75) is 69.5 Å². The molecule has 0 amide bonds. The fourth-order valence-corrected chi connectivity index (χ4v) is 7.40. The molecule has 2 atom stereocenters. The number of rotatable bonds is 18. The first-order valence-corrected chi connectivity index (χ1v) is 18.2. The Morgan fingerprint density at radius 2 is 1.69 bits per heavy atom. The molecule has 0 saturated carbocycles. The fraction of sp³-hybridized carbons (Fsp3) is 0.474. The number of phenolic OH excluding ortho intramolecular Hbond substituents is 1. The van der Waals surface area contributed by atoms with Gasteiger partial charge in [-0.3, -0.25) is 4.79 Å². The maximum atomic E-state index is 13.2. The van der Waals surface area contributed by atoms with Gasteiger partial charge in [-0.2, -0.15) is 0 Å². The van der Waals surface area contributed by atoms with Crippen LogP contribution < -0.4 is 10.9 Å². The zero-order chi connectivity index (χ0) is 33.8. The van der Waals surface area contributed by atoms with Crippen LogP contribution in [0.25, 0.3) is 10.9 Å². The van der Waals surface area contributed by atoms with Gasteiger partial charge in [0.25, 0.3) is 0 Å². The summed E-state index contributed by atoms with van der Waals surface area (Å²) in [5.74, 6) is -0.298. The van der Waals surface area contributed by atoms with Gasteiger partial charge in [0.2, 0.25) is 11.2 Å². The minimum Gasteiger partial charge on any atom is -0.506 e. The quantitative estimate of drug-likeness (QED) is 0.0656. The van der Waals surface area contributed by atoms with Gasteiger partial charge in [0.15, 0.2) is 0 Å². The second-order valence-electron chi connectivity index (χ2n) is 12.9. The molecule has 2 aromatic carbocycles. The molecule has 5 N–H and O–H groups in total. The predicted molar refractivity (Wildman–Crippen MR) is 190 cm³/mol. The van der Waals surface area contributed by atoms with Gasteiger partial charge in [-0.15, -0.1) is 11.3 Å². The first kappa shape index (κ1) is 35.8. The number of nitrogens with one attached hydrogen (secondary N) is 2. The Hall–Kier alpha value is -3.54. The molecule has 0 bridgehead atoms. The number of hydrogen-bond donors (Lipinski definition) is 5. The normalized spacial score (nSPS) is 16.1. The highest BCUT2D eigenvalue weighted by molar-refractivity contribution is 7.10. The van der Waals surface area contributed by atoms with Crippen molar-refractivity contribution in [1.29, 1.82) is 0 Å². The molecule has 0 radical (unpaired) electrons. The number of unbranched alkanes of at least 4 members (excludes halogenated alkanes) is 6. The third-order valence-electron chi connectivity index (χ3n) is 9.45. The minimum absolute atomic E-state index is 0.00568. The average Bonchev–Trinajstić information content (AvgIpc) is 3.66. The molecule has 5 rings (SSSR count). The van der Waals surface area contributed by atoms with E-state index in [-0.39, 0.29) is 11.3 Å². The Morgan fingerprint density at radius 1 is 0.958 bits per heavy atom. The lowest BCUT2D eigenvalue weighted by Gasteiger charge is -2.32. The van der Waals surface area contributed by atoms with E-state index < -0.39 is 17.7 Å². The Kier molecular flexibility index (Phi) is 13.2. The molecule has 2 aromatic heterocycles. The van der Waals surface area contributed by atoms with Gasteiger partial charge in [0.05, 0.1) is 23.1 Å². The number of piperidine rings is 1. The van der Waals surface area contributed by atoms with Crippen LogP contribution in [0.3, 0.4) is 0 Å². The number of nitrogens with zero attached hydrogens (tertiary/aromatic N) is 1. The number of aromatic hydroxyl groups is 1. The third-order valence-corrected chi connectivity index (χ3v) is 10.4. The molecule has 3 heterocycles. The lowest BCUT2D eigenvalue weighted by atomic mass is 9.92. The lowest BCUT2D eigenvalue weighted by molar-refractivity contribution is -0.163. The van der Waals surface area contributed by atoms with Gasteiger partial charge >= 0.3 is 5.97 Å². The zero-order valence-corrected chi connectivity index (χ0v) is 28.4. The second kappa shape index (κ2) is 17.7. The van der Waals surface area contributed by atoms with Gasteiger partial charge in [-0.05, 0) is 86.9 Å². The maximum absolute atomic E-state index is 13.2. The summed E-state index contributed by atoms with van der Waals surface area (Å²) in [6, 6.07) is 18.9. The molecule has 1 fully saturated rings. The molecule has 1 aliphatic rings. The standard InChI is InChI=1S/C38H49N3O6S/c42-32-17-15-30(31-16-18-35(44)40-36(31)32)33(43)26-39-21-9-4-2-1-3-5-10-22-41-23-19-28(20-24-41)27-47-37(45)38(46,34-14-11-25-48-34)29-12-7-6-8-13-29/h6-8,11-18,25,28,33,39,42-43,46H,1-5,9-10,19-24,26-27H2,(H,40,44). The maximum Gasteiger partial charge on any atom is 0.348 e. The summed E-state index contributed by atoms with van der Waals surface area (Å²) in [7, 11) is 0. The molecular formula is C38H49N3O6S. The van der Waals surface area contributed by atoms with E-state index in [4.69, 9.17) is 4.74 Å². The summed E-state index contributed by atoms with van der Waals surface area (Å²) in [6.07, 6.45) is 9.57. The number of H-pyrrole nitrogens is 1. The third kappa shape index (κ3) is 9.33. The number of carbonyl (C=O) groups is 1. The summed E-state index contributed by atoms with van der Waals surface area (Å²) in [5, 5.41) is 38.1. The summed E-state index contributed by atoms with van der Waals surface area (Å²) in [4.78, 5) is 30.6. The number of aliphatic hydroxyl groups excluding tert-OH is 1. The summed E-state index contributed by atoms with van der Waals surface area (Å²) in [6.45, 7) is 4.72. The van der Waals surface area contributed by atoms with Gasteiger partial charge in [0.1, 0.15) is 5.75 Å². The van der Waals surface area contributed by atoms with Gasteiger partial charge < -0.3 is 35.3 Å². The van der Waals surface area contributed by atoms with Crippen molar-refractivity contribution in [2.75, 3.05) is 39.3 Å². The molecule has 9 nitrogen and oxygen atoms in total. The van der Waals surface area contributed by atoms with E-state index >= 15 is 0 Å². The molecular weight excluding hydrogens is 627 g/mol. The van der Waals surface area contributed by atoms with E-state index in [1.54, 1.807) is 30.3 Å². The van der Waals surface area contributed by atoms with Crippen LogP contribution in [0.1, 0.15) is 79.9 Å². The van der Waals surface area contributed by atoms with E-state index in [0.29, 0.717) is 46.0 Å². The highest BCUT2D eigenvalue weighted by Gasteiger charge is 2.43. The summed E-state index contributed by atoms with van der Waals surface area (Å²) >= 11 is 1.35. The largest absolute Gasteiger partial charge is 0.506 e. The number of ether oxygens (including phenoxy) is 1. The van der Waals surface area contributed by atoms with Crippen LogP contribution >= 0.6 is 11.3 Å². The number of aromatic amines is 1. The molecule has 10 heteroatoms. The number of hydrogen-bond acceptors (Lipinski definition) is 9. The molecule has 0 aliphatic carbocycles. The first-order valence-electron chi connectivity index (χ1n) is 17.3. The number of carbonyl (C=O) groups excluding carboxylic acids is 1. The molecule has 4 aromatic rings. The van der Waals surface area contributed by atoms with Crippen LogP contribution in [0.15, 0.2) is 76.9 Å². The van der Waals surface area contributed by atoms with E-state index in [2.05, 4.69) is 15.2 Å². The van der Waals surface area contributed by atoms with Crippen LogP contribution in [0.5, 0.6) is 5.75 Å². The van der Waals surface area contributed by atoms with Crippen molar-refractivity contribution >= 4 is 28.2 Å². The Bertz CT molecular complexity index is 1620. The van der Waals surface area contributed by atoms with Crippen LogP contribution in [0, 0.1) is 5.92 Å². The van der Waals surface area contributed by atoms with Gasteiger partial charge in [0, 0.05) is 23.6 Å². The minimum atomic E-state index is -1.78. The van der Waals surface area contributed by atoms with Crippen molar-refractivity contribution in [3.05, 3.63) is 98.5 Å². The molecule has 258 valence electrons. The number of phenols is 1. The van der Waals surface area contributed by atoms with E-state index in [9.17, 15) is 24.9 Å². The van der Waals surface area contributed by atoms with E-state index in [0.717, 1.165) is 51.9 Å². The number of benzene rings is 2. The molecule has 1 saturated heterocycles. The molecule has 0 spiro atoms. The summed E-state index contributed by atoms with van der Waals surface area (Å²) in [5.41, 5.74) is -0.517. The first-order chi connectivity index (χ1) is 23.4. The number of likely N-dealkylation sites (tertiary alicyclic amines) is 1. The average molecular weight is 676 g/mol. The number of esters is 1. The number of fused-ring (bicyclic) bond motifs is 1. The predicted octanol–water partition coefficient (Wildman–Crippen LogP) is 5.84. The molecule has 2 unspecified atom stereocenters. The van der Waals surface area contributed by atoms with Crippen molar-refractivity contribution in [1.82, 2.24) is 15.2 Å². The van der Waals surface area contributed by atoms with Crippen molar-refractivity contribution in [3.63, 3.8) is 0 Å². The fourth-order valence-electron chi connectivity index (χ4n) is 6.57. The Balaban J connectivity index is 0.888. The van der Waals surface area contributed by atoms with Crippen LogP contribution in [-0.4, -0.2) is 70.5 Å². The number of pyridine rings is 1. The van der Waals surface area contributed by atoms with Gasteiger partial charge in [-0.25, -0.2) is 4.79 Å². The monoisotopic (exact) mass is 675 g/mol. The highest BCUT2D eigenvalue weighted by atomic mass is 32.1. The van der Waals surface area contributed by atoms with Crippen LogP contribution in [-0.2, 0) is 15.1 Å². The Labute approximate surface area is 286 Å². The van der Waals surface area contributed by atoms with Crippen molar-refractivity contribution in [3.8, 4) is 5.75 Å². The van der Waals surface area contributed by atoms with Crippen molar-refractivity contribution < 1.29 is 24.9 Å². The number of aromatic nitrogens is 1. The van der Waals surface area contributed by atoms with Crippen LogP contribution in [0.2, 0.25) is 0 Å². The SMILES string of the molecule is O=C(OCC1CCN(CCCCCCCCCNCC(O)c2ccc(O)c3[nH]c(=O)ccc23)CC1)C(O)(c1ccccc1)c1cccs1. The number of aliphatic hydroxyl groups is 2. The van der Waals surface area contributed by atoms with Crippen LogP contribution in [0.4, 0.5) is 0 Å². The van der Waals surface area contributed by atoms with E-state index in [1.165, 1.54) is 55.6 Å². The lowest BCUT2D eigenvalue weighted by Crippen LogP contribution is -2.40. The van der Waals surface area contributed by atoms with Crippen molar-refractivity contribution in [2.24, 2.45) is 5.92 Å². The summed E-state index contributed by atoms with van der Waals surface area (Å²) < 4.78 is 5.74. The highest BCUT2D eigenvalue weighted by Crippen LogP contribution is 2.34.